The molecular weight excluding hydrogens is 254 g/mol. The number of hydrogen-bond acceptors (Lipinski definition) is 6. The average molecular weight is 261 g/mol. The highest BCUT2D eigenvalue weighted by Crippen LogP contribution is 2.21. The first-order chi connectivity index (χ1) is 8.60. The molecule has 2 aromatic rings. The molecule has 7 nitrogen and oxygen atoms in total. The molecule has 0 radical (unpaired) electrons. The van der Waals surface area contributed by atoms with Crippen molar-refractivity contribution in [1.29, 1.82) is 5.26 Å². The maximum atomic E-state index is 11.1. The second-order valence-corrected chi connectivity index (χ2v) is 4.29. The molecule has 0 bridgehead atoms. The molecule has 90 valence electrons. The second kappa shape index (κ2) is 4.85. The number of rotatable bonds is 2. The minimum absolute atomic E-state index is 0.316. The van der Waals surface area contributed by atoms with Crippen molar-refractivity contribution in [2.45, 2.75) is 10.2 Å². The number of H-pyrrole nitrogens is 1. The van der Waals surface area contributed by atoms with E-state index < -0.39 is 11.1 Å². The Morgan fingerprint density at radius 3 is 2.83 bits per heavy atom. The van der Waals surface area contributed by atoms with Gasteiger partial charge >= 0.3 is 11.1 Å². The molecular formula is C10H7N5O2S. The quantitative estimate of drug-likeness (QED) is 0.756. The van der Waals surface area contributed by atoms with Crippen LogP contribution in [0.1, 0.15) is 5.56 Å². The van der Waals surface area contributed by atoms with E-state index in [-0.39, 0.29) is 0 Å². The molecule has 0 aromatic carbocycles. The Kier molecular flexibility index (Phi) is 3.25. The summed E-state index contributed by atoms with van der Waals surface area (Å²) in [6.07, 6.45) is 1.42. The molecule has 0 amide bonds. The van der Waals surface area contributed by atoms with Crippen LogP contribution in [-0.4, -0.2) is 19.7 Å². The van der Waals surface area contributed by atoms with Gasteiger partial charge in [-0.05, 0) is 23.9 Å². The van der Waals surface area contributed by atoms with Gasteiger partial charge in [-0.15, -0.1) is 0 Å². The summed E-state index contributed by atoms with van der Waals surface area (Å²) in [7, 11) is 1.57. The molecule has 2 heterocycles. The molecule has 0 saturated carbocycles. The highest BCUT2D eigenvalue weighted by molar-refractivity contribution is 7.99. The lowest BCUT2D eigenvalue weighted by Gasteiger charge is -2.04. The number of pyridine rings is 1. The molecule has 2 aromatic heterocycles. The fourth-order valence-corrected chi connectivity index (χ4v) is 1.89. The third kappa shape index (κ3) is 2.46. The lowest BCUT2D eigenvalue weighted by Crippen LogP contribution is -2.33. The summed E-state index contributed by atoms with van der Waals surface area (Å²) in [5, 5.41) is 11.9. The summed E-state index contributed by atoms with van der Waals surface area (Å²) in [5.41, 5.74) is -1.17. The minimum atomic E-state index is -0.843. The van der Waals surface area contributed by atoms with Gasteiger partial charge in [0.2, 0.25) is 0 Å². The van der Waals surface area contributed by atoms with Crippen molar-refractivity contribution in [2.24, 2.45) is 7.05 Å². The minimum Gasteiger partial charge on any atom is -0.265 e. The van der Waals surface area contributed by atoms with Crippen LogP contribution in [0.25, 0.3) is 0 Å². The van der Waals surface area contributed by atoms with Crippen LogP contribution in [0.15, 0.2) is 38.1 Å². The van der Waals surface area contributed by atoms with Crippen LogP contribution < -0.4 is 11.1 Å². The number of nitrogens with one attached hydrogen (secondary N) is 1. The van der Waals surface area contributed by atoms with Crippen molar-refractivity contribution >= 4 is 11.8 Å². The summed E-state index contributed by atoms with van der Waals surface area (Å²) in [4.78, 5) is 29.8. The molecule has 0 saturated heterocycles. The molecule has 0 aliphatic rings. The van der Waals surface area contributed by atoms with E-state index in [0.29, 0.717) is 15.7 Å². The Bertz CT molecular complexity index is 726. The third-order valence-corrected chi connectivity index (χ3v) is 3.01. The van der Waals surface area contributed by atoms with Crippen LogP contribution in [0.2, 0.25) is 0 Å². The molecule has 0 aliphatic carbocycles. The number of aromatic nitrogens is 4. The molecule has 0 unspecified atom stereocenters. The van der Waals surface area contributed by atoms with E-state index in [4.69, 9.17) is 5.26 Å². The summed E-state index contributed by atoms with van der Waals surface area (Å²) >= 11 is 1.12. The van der Waals surface area contributed by atoms with E-state index in [9.17, 15) is 9.59 Å². The molecule has 8 heteroatoms. The lowest BCUT2D eigenvalue weighted by atomic mass is 10.3. The third-order valence-electron chi connectivity index (χ3n) is 2.01. The fourth-order valence-electron chi connectivity index (χ4n) is 1.15. The van der Waals surface area contributed by atoms with Crippen molar-refractivity contribution in [1.82, 2.24) is 19.7 Å². The molecule has 2 rings (SSSR count). The monoisotopic (exact) mass is 261 g/mol. The van der Waals surface area contributed by atoms with Crippen molar-refractivity contribution < 1.29 is 0 Å². The fraction of sp³-hybridized carbons (Fsp3) is 0.100. The molecule has 1 N–H and O–H groups in total. The van der Waals surface area contributed by atoms with E-state index in [1.54, 1.807) is 19.2 Å². The van der Waals surface area contributed by atoms with Gasteiger partial charge in [0.05, 0.1) is 5.56 Å². The lowest BCUT2D eigenvalue weighted by molar-refractivity contribution is 0.596. The van der Waals surface area contributed by atoms with E-state index in [1.165, 1.54) is 10.9 Å². The first-order valence-corrected chi connectivity index (χ1v) is 5.63. The molecule has 0 atom stereocenters. The summed E-state index contributed by atoms with van der Waals surface area (Å²) < 4.78 is 1.34. The van der Waals surface area contributed by atoms with Crippen LogP contribution >= 0.6 is 11.8 Å². The predicted octanol–water partition coefficient (Wildman–Crippen LogP) is -0.114. The summed E-state index contributed by atoms with van der Waals surface area (Å²) in [5.74, 6) is 0. The van der Waals surface area contributed by atoms with Gasteiger partial charge in [0.25, 0.3) is 0 Å². The number of nitrogens with zero attached hydrogens (tertiary/aromatic N) is 4. The van der Waals surface area contributed by atoms with Gasteiger partial charge in [-0.25, -0.2) is 4.98 Å². The number of aryl methyl sites for hydroxylation is 1. The number of aromatic amines is 1. The molecule has 0 spiro atoms. The Balaban J connectivity index is 2.34. The standard InChI is InChI=1S/C10H7N5O2S/c1-15-10(13-8(16)9(17)14-15)18-7-3-2-6(4-11)5-12-7/h2-3,5H,1H3,(H,14,17). The molecule has 0 fully saturated rings. The van der Waals surface area contributed by atoms with Crippen LogP contribution in [-0.2, 0) is 7.05 Å². The van der Waals surface area contributed by atoms with Crippen LogP contribution in [0.3, 0.4) is 0 Å². The highest BCUT2D eigenvalue weighted by atomic mass is 32.2. The van der Waals surface area contributed by atoms with E-state index in [0.717, 1.165) is 11.8 Å². The van der Waals surface area contributed by atoms with Gasteiger partial charge in [-0.1, -0.05) is 0 Å². The maximum Gasteiger partial charge on any atom is 0.339 e. The van der Waals surface area contributed by atoms with Crippen molar-refractivity contribution in [2.75, 3.05) is 0 Å². The Morgan fingerprint density at radius 2 is 2.22 bits per heavy atom. The predicted molar refractivity (Wildman–Crippen MR) is 63.2 cm³/mol. The zero-order valence-corrected chi connectivity index (χ0v) is 10.1. The SMILES string of the molecule is Cn1[nH]c(=O)c(=O)nc1Sc1ccc(C#N)cn1. The largest absolute Gasteiger partial charge is 0.339 e. The molecule has 0 aliphatic heterocycles. The second-order valence-electron chi connectivity index (χ2n) is 3.30. The maximum absolute atomic E-state index is 11.1. The highest BCUT2D eigenvalue weighted by Gasteiger charge is 2.06. The smallest absolute Gasteiger partial charge is 0.265 e. The summed E-state index contributed by atoms with van der Waals surface area (Å²) in [6.45, 7) is 0. The van der Waals surface area contributed by atoms with Gasteiger partial charge in [0.15, 0.2) is 5.16 Å². The average Bonchev–Trinajstić information content (AvgIpc) is 2.37. The van der Waals surface area contributed by atoms with Gasteiger partial charge < -0.3 is 0 Å². The van der Waals surface area contributed by atoms with E-state index in [2.05, 4.69) is 15.1 Å². The van der Waals surface area contributed by atoms with Crippen LogP contribution in [0.5, 0.6) is 0 Å². The summed E-state index contributed by atoms with van der Waals surface area (Å²) in [6, 6.07) is 5.21. The zero-order valence-electron chi connectivity index (χ0n) is 9.25. The van der Waals surface area contributed by atoms with Crippen molar-refractivity contribution in [3.05, 3.63) is 44.6 Å². The topological polar surface area (TPSA) is 104 Å². The Morgan fingerprint density at radius 1 is 1.44 bits per heavy atom. The first-order valence-electron chi connectivity index (χ1n) is 4.81. The van der Waals surface area contributed by atoms with Gasteiger partial charge in [0.1, 0.15) is 11.1 Å². The zero-order chi connectivity index (χ0) is 13.1. The Labute approximate surface area is 105 Å². The van der Waals surface area contributed by atoms with Gasteiger partial charge in [-0.2, -0.15) is 10.2 Å². The normalized spacial score (nSPS) is 10.0. The van der Waals surface area contributed by atoms with Crippen molar-refractivity contribution in [3.8, 4) is 6.07 Å². The number of hydrogen-bond donors (Lipinski definition) is 1. The molecule has 18 heavy (non-hydrogen) atoms. The number of nitriles is 1. The van der Waals surface area contributed by atoms with Crippen LogP contribution in [0.4, 0.5) is 0 Å². The van der Waals surface area contributed by atoms with Crippen molar-refractivity contribution in [3.63, 3.8) is 0 Å². The van der Waals surface area contributed by atoms with Gasteiger partial charge in [-0.3, -0.25) is 19.4 Å². The Hall–Kier alpha value is -2.40. The van der Waals surface area contributed by atoms with E-state index in [1.807, 2.05) is 6.07 Å². The first kappa shape index (κ1) is 12.1. The van der Waals surface area contributed by atoms with Crippen LogP contribution in [0, 0.1) is 11.3 Å². The van der Waals surface area contributed by atoms with Gasteiger partial charge in [0, 0.05) is 13.2 Å². The van der Waals surface area contributed by atoms with E-state index >= 15 is 0 Å².